The number of aromatic nitrogens is 1. The quantitative estimate of drug-likeness (QED) is 0.484. The van der Waals surface area contributed by atoms with Crippen molar-refractivity contribution in [1.29, 1.82) is 0 Å². The summed E-state index contributed by atoms with van der Waals surface area (Å²) in [5.74, 6) is -0.136. The predicted molar refractivity (Wildman–Crippen MR) is 147 cm³/mol. The van der Waals surface area contributed by atoms with Crippen LogP contribution >= 0.6 is 0 Å². The van der Waals surface area contributed by atoms with Gasteiger partial charge in [0, 0.05) is 37.1 Å². The fourth-order valence-electron chi connectivity index (χ4n) is 5.84. The van der Waals surface area contributed by atoms with Crippen molar-refractivity contribution in [3.05, 3.63) is 69.9 Å². The zero-order chi connectivity index (χ0) is 28.0. The van der Waals surface area contributed by atoms with Crippen LogP contribution in [0.25, 0.3) is 10.9 Å². The number of aliphatic hydroxyl groups is 1. The van der Waals surface area contributed by atoms with Crippen LogP contribution in [0.3, 0.4) is 0 Å². The van der Waals surface area contributed by atoms with Gasteiger partial charge < -0.3 is 24.4 Å². The van der Waals surface area contributed by atoms with E-state index in [4.69, 9.17) is 9.47 Å². The van der Waals surface area contributed by atoms with E-state index in [1.807, 2.05) is 24.0 Å². The molecule has 0 radical (unpaired) electrons. The minimum atomic E-state index is -0.926. The highest BCUT2D eigenvalue weighted by molar-refractivity contribution is 6.09. The smallest absolute Gasteiger partial charge is 0.338 e. The standard InChI is InChI=1S/C31H33N3O6/c1-19-20(6-8-22-25(19)17-40-30(22)37)16-39-21-7-9-26-23(14-21)24(28(35)33-11-4-3-5-12-33)15-27(32-26)29(36)34-13-10-31(2,38)18-34/h6-9,14-15,38H,3-5,10-13,16-18H2,1-2H3. The van der Waals surface area contributed by atoms with E-state index in [0.717, 1.165) is 36.0 Å². The first kappa shape index (κ1) is 26.3. The summed E-state index contributed by atoms with van der Waals surface area (Å²) in [6.07, 6.45) is 3.50. The number of piperidine rings is 1. The number of cyclic esters (lactones) is 1. The van der Waals surface area contributed by atoms with Crippen LogP contribution in [0.5, 0.6) is 5.75 Å². The highest BCUT2D eigenvalue weighted by atomic mass is 16.5. The number of carbonyl (C=O) groups is 3. The number of nitrogens with zero attached hydrogens (tertiary/aromatic N) is 3. The van der Waals surface area contributed by atoms with Gasteiger partial charge in [0.2, 0.25) is 0 Å². The van der Waals surface area contributed by atoms with Gasteiger partial charge in [-0.25, -0.2) is 9.78 Å². The number of carbonyl (C=O) groups excluding carboxylic acids is 3. The van der Waals surface area contributed by atoms with E-state index in [0.29, 0.717) is 53.8 Å². The van der Waals surface area contributed by atoms with Crippen LogP contribution in [-0.2, 0) is 18.0 Å². The first-order valence-electron chi connectivity index (χ1n) is 13.9. The molecule has 2 fully saturated rings. The molecule has 9 nitrogen and oxygen atoms in total. The van der Waals surface area contributed by atoms with Gasteiger partial charge in [0.05, 0.1) is 22.2 Å². The zero-order valence-corrected chi connectivity index (χ0v) is 22.9. The van der Waals surface area contributed by atoms with Gasteiger partial charge in [-0.15, -0.1) is 0 Å². The summed E-state index contributed by atoms with van der Waals surface area (Å²) in [6, 6.07) is 10.6. The minimum absolute atomic E-state index is 0.120. The Morgan fingerprint density at radius 3 is 2.60 bits per heavy atom. The molecule has 2 amide bonds. The number of hydrogen-bond acceptors (Lipinski definition) is 7. The number of rotatable bonds is 5. The fourth-order valence-corrected chi connectivity index (χ4v) is 5.84. The molecule has 1 atom stereocenters. The Morgan fingerprint density at radius 2 is 1.85 bits per heavy atom. The first-order chi connectivity index (χ1) is 19.2. The highest BCUT2D eigenvalue weighted by Crippen LogP contribution is 2.30. The Hall–Kier alpha value is -3.98. The molecule has 40 heavy (non-hydrogen) atoms. The number of pyridine rings is 1. The third kappa shape index (κ3) is 4.90. The summed E-state index contributed by atoms with van der Waals surface area (Å²) in [4.78, 5) is 47.0. The van der Waals surface area contributed by atoms with Crippen molar-refractivity contribution in [2.75, 3.05) is 26.2 Å². The molecule has 0 aliphatic carbocycles. The SMILES string of the molecule is Cc1c(COc2ccc3nc(C(=O)N4CCC(C)(O)C4)cc(C(=O)N4CCCCC4)c3c2)ccc2c1COC2=O. The van der Waals surface area contributed by atoms with Crippen LogP contribution in [-0.4, -0.2) is 69.5 Å². The van der Waals surface area contributed by atoms with E-state index in [2.05, 4.69) is 4.98 Å². The molecule has 1 unspecified atom stereocenters. The molecular weight excluding hydrogens is 510 g/mol. The number of likely N-dealkylation sites (tertiary alicyclic amines) is 2. The van der Waals surface area contributed by atoms with Gasteiger partial charge >= 0.3 is 5.97 Å². The topological polar surface area (TPSA) is 109 Å². The number of amides is 2. The van der Waals surface area contributed by atoms with Crippen molar-refractivity contribution in [3.8, 4) is 5.75 Å². The van der Waals surface area contributed by atoms with Crippen LogP contribution in [0.4, 0.5) is 0 Å². The lowest BCUT2D eigenvalue weighted by molar-refractivity contribution is 0.0534. The summed E-state index contributed by atoms with van der Waals surface area (Å²) in [6.45, 7) is 6.27. The van der Waals surface area contributed by atoms with Crippen LogP contribution in [0.15, 0.2) is 36.4 Å². The predicted octanol–water partition coefficient (Wildman–Crippen LogP) is 4.02. The Labute approximate surface area is 232 Å². The molecule has 1 aromatic heterocycles. The maximum Gasteiger partial charge on any atom is 0.338 e. The summed E-state index contributed by atoms with van der Waals surface area (Å²) in [5.41, 5.74) is 3.64. The Balaban J connectivity index is 1.32. The maximum atomic E-state index is 13.7. The van der Waals surface area contributed by atoms with Gasteiger partial charge in [-0.05, 0) is 81.0 Å². The van der Waals surface area contributed by atoms with Crippen LogP contribution < -0.4 is 4.74 Å². The molecule has 2 saturated heterocycles. The third-order valence-corrected chi connectivity index (χ3v) is 8.28. The van der Waals surface area contributed by atoms with Gasteiger partial charge in [-0.3, -0.25) is 9.59 Å². The third-order valence-electron chi connectivity index (χ3n) is 8.28. The average Bonchev–Trinajstić information content (AvgIpc) is 3.53. The first-order valence-corrected chi connectivity index (χ1v) is 13.9. The summed E-state index contributed by atoms with van der Waals surface area (Å²) in [5, 5.41) is 11.0. The largest absolute Gasteiger partial charge is 0.489 e. The van der Waals surface area contributed by atoms with Crippen molar-refractivity contribution in [1.82, 2.24) is 14.8 Å². The normalized spacial score (nSPS) is 20.5. The van der Waals surface area contributed by atoms with E-state index in [-0.39, 0.29) is 43.2 Å². The van der Waals surface area contributed by atoms with Gasteiger partial charge in [0.25, 0.3) is 11.8 Å². The number of ether oxygens (including phenoxy) is 2. The summed E-state index contributed by atoms with van der Waals surface area (Å²) < 4.78 is 11.3. The van der Waals surface area contributed by atoms with E-state index < -0.39 is 5.60 Å². The number of β-amino-alcohol motifs (C(OH)–C–C–N with tert-alkyl or cyclic N) is 1. The molecule has 3 aliphatic rings. The van der Waals surface area contributed by atoms with Gasteiger partial charge in [0.15, 0.2) is 0 Å². The van der Waals surface area contributed by atoms with E-state index in [1.54, 1.807) is 36.1 Å². The van der Waals surface area contributed by atoms with Crippen LogP contribution in [0.1, 0.15) is 80.5 Å². The van der Waals surface area contributed by atoms with Crippen molar-refractivity contribution in [2.45, 2.75) is 58.3 Å². The zero-order valence-electron chi connectivity index (χ0n) is 22.9. The van der Waals surface area contributed by atoms with E-state index >= 15 is 0 Å². The Bertz CT molecular complexity index is 1530. The molecule has 4 heterocycles. The second-order valence-corrected chi connectivity index (χ2v) is 11.3. The number of benzene rings is 2. The lowest BCUT2D eigenvalue weighted by Crippen LogP contribution is -2.36. The second kappa shape index (κ2) is 10.2. The van der Waals surface area contributed by atoms with Gasteiger partial charge in [-0.2, -0.15) is 0 Å². The van der Waals surface area contributed by atoms with E-state index in [1.165, 1.54) is 0 Å². The molecule has 1 N–H and O–H groups in total. The fraction of sp³-hybridized carbons (Fsp3) is 0.419. The Morgan fingerprint density at radius 1 is 1.05 bits per heavy atom. The van der Waals surface area contributed by atoms with Crippen LogP contribution in [0.2, 0.25) is 0 Å². The van der Waals surface area contributed by atoms with Crippen LogP contribution in [0, 0.1) is 6.92 Å². The molecule has 6 rings (SSSR count). The highest BCUT2D eigenvalue weighted by Gasteiger charge is 2.35. The molecule has 3 aromatic rings. The number of fused-ring (bicyclic) bond motifs is 2. The monoisotopic (exact) mass is 543 g/mol. The molecule has 3 aliphatic heterocycles. The molecule has 0 saturated carbocycles. The molecule has 0 bridgehead atoms. The molecule has 9 heteroatoms. The Kier molecular flexibility index (Phi) is 6.70. The molecular formula is C31H33N3O6. The van der Waals surface area contributed by atoms with Crippen molar-refractivity contribution in [2.24, 2.45) is 0 Å². The molecule has 208 valence electrons. The molecule has 0 spiro atoms. The van der Waals surface area contributed by atoms with Gasteiger partial charge in [0.1, 0.15) is 24.7 Å². The second-order valence-electron chi connectivity index (χ2n) is 11.3. The van der Waals surface area contributed by atoms with Crippen molar-refractivity contribution >= 4 is 28.7 Å². The summed E-state index contributed by atoms with van der Waals surface area (Å²) in [7, 11) is 0. The maximum absolute atomic E-state index is 13.7. The van der Waals surface area contributed by atoms with E-state index in [9.17, 15) is 19.5 Å². The van der Waals surface area contributed by atoms with Crippen molar-refractivity contribution in [3.63, 3.8) is 0 Å². The number of hydrogen-bond donors (Lipinski definition) is 1. The lowest BCUT2D eigenvalue weighted by atomic mass is 9.99. The van der Waals surface area contributed by atoms with Gasteiger partial charge in [-0.1, -0.05) is 6.07 Å². The van der Waals surface area contributed by atoms with Crippen molar-refractivity contribution < 1.29 is 29.0 Å². The lowest BCUT2D eigenvalue weighted by Gasteiger charge is -2.27. The molecule has 2 aromatic carbocycles. The summed E-state index contributed by atoms with van der Waals surface area (Å²) >= 11 is 0. The number of esters is 1. The minimum Gasteiger partial charge on any atom is -0.489 e. The average molecular weight is 544 g/mol.